The van der Waals surface area contributed by atoms with Crippen LogP contribution in [0.4, 0.5) is 0 Å². The Morgan fingerprint density at radius 2 is 2.05 bits per heavy atom. The first kappa shape index (κ1) is 16.4. The number of halogens is 1. The summed E-state index contributed by atoms with van der Waals surface area (Å²) in [6.07, 6.45) is 0. The Hall–Kier alpha value is -0.630. The summed E-state index contributed by atoms with van der Waals surface area (Å²) in [6, 6.07) is 4.89. The third-order valence-corrected chi connectivity index (χ3v) is 4.53. The minimum atomic E-state index is -3.57. The highest BCUT2D eigenvalue weighted by Crippen LogP contribution is 2.27. The second-order valence-corrected chi connectivity index (χ2v) is 6.96. The van der Waals surface area contributed by atoms with Gasteiger partial charge in [-0.2, -0.15) is 0 Å². The molecule has 1 atom stereocenters. The average molecular weight is 351 g/mol. The van der Waals surface area contributed by atoms with E-state index in [1.165, 1.54) is 13.2 Å². The first-order chi connectivity index (χ1) is 8.90. The summed E-state index contributed by atoms with van der Waals surface area (Å²) in [5, 5.41) is 3.01. The molecule has 19 heavy (non-hydrogen) atoms. The molecular weight excluding hydrogens is 332 g/mol. The van der Waals surface area contributed by atoms with Crippen LogP contribution in [-0.4, -0.2) is 35.7 Å². The fourth-order valence-corrected chi connectivity index (χ4v) is 3.48. The van der Waals surface area contributed by atoms with Crippen molar-refractivity contribution in [1.82, 2.24) is 10.0 Å². The molecule has 0 saturated carbocycles. The van der Waals surface area contributed by atoms with Crippen LogP contribution in [0.2, 0.25) is 0 Å². The second kappa shape index (κ2) is 7.23. The van der Waals surface area contributed by atoms with Crippen molar-refractivity contribution in [3.63, 3.8) is 0 Å². The van der Waals surface area contributed by atoms with E-state index in [1.807, 2.05) is 14.0 Å². The zero-order chi connectivity index (χ0) is 14.5. The first-order valence-corrected chi connectivity index (χ1v) is 8.16. The van der Waals surface area contributed by atoms with Gasteiger partial charge in [-0.1, -0.05) is 22.9 Å². The van der Waals surface area contributed by atoms with Crippen molar-refractivity contribution in [2.75, 3.05) is 27.2 Å². The van der Waals surface area contributed by atoms with E-state index in [9.17, 15) is 8.42 Å². The topological polar surface area (TPSA) is 67.4 Å². The van der Waals surface area contributed by atoms with Crippen LogP contribution in [-0.2, 0) is 10.0 Å². The molecule has 0 heterocycles. The third kappa shape index (κ3) is 4.76. The molecule has 1 aromatic rings. The van der Waals surface area contributed by atoms with Crippen molar-refractivity contribution in [2.45, 2.75) is 11.8 Å². The highest BCUT2D eigenvalue weighted by Gasteiger charge is 2.20. The van der Waals surface area contributed by atoms with Crippen molar-refractivity contribution >= 4 is 26.0 Å². The average Bonchev–Trinajstić information content (AvgIpc) is 2.37. The van der Waals surface area contributed by atoms with Crippen LogP contribution in [0.5, 0.6) is 5.75 Å². The quantitative estimate of drug-likeness (QED) is 0.783. The van der Waals surface area contributed by atoms with Gasteiger partial charge in [-0.05, 0) is 37.7 Å². The first-order valence-electron chi connectivity index (χ1n) is 5.88. The molecule has 5 nitrogen and oxygen atoms in total. The molecule has 1 aromatic carbocycles. The Kier molecular flexibility index (Phi) is 6.25. The maximum absolute atomic E-state index is 12.2. The molecule has 0 bridgehead atoms. The highest BCUT2D eigenvalue weighted by molar-refractivity contribution is 9.10. The Bertz CT molecular complexity index is 520. The molecule has 0 aliphatic carbocycles. The fraction of sp³-hybridized carbons (Fsp3) is 0.500. The number of sulfonamides is 1. The number of hydrogen-bond acceptors (Lipinski definition) is 4. The molecule has 0 aliphatic rings. The van der Waals surface area contributed by atoms with E-state index in [0.717, 1.165) is 6.54 Å². The van der Waals surface area contributed by atoms with Gasteiger partial charge in [0.15, 0.2) is 0 Å². The van der Waals surface area contributed by atoms with Gasteiger partial charge in [0, 0.05) is 11.0 Å². The summed E-state index contributed by atoms with van der Waals surface area (Å²) in [6.45, 7) is 3.09. The monoisotopic (exact) mass is 350 g/mol. The van der Waals surface area contributed by atoms with E-state index in [0.29, 0.717) is 16.8 Å². The van der Waals surface area contributed by atoms with E-state index >= 15 is 0 Å². The normalized spacial score (nSPS) is 13.3. The lowest BCUT2D eigenvalue weighted by molar-refractivity contribution is 0.402. The van der Waals surface area contributed by atoms with Crippen molar-refractivity contribution in [3.05, 3.63) is 22.7 Å². The molecule has 7 heteroatoms. The molecule has 0 amide bonds. The van der Waals surface area contributed by atoms with Crippen LogP contribution in [0.15, 0.2) is 27.6 Å². The van der Waals surface area contributed by atoms with Crippen molar-refractivity contribution < 1.29 is 13.2 Å². The SMILES string of the molecule is CNCC(C)CNS(=O)(=O)c1cc(Br)ccc1OC. The van der Waals surface area contributed by atoms with Gasteiger partial charge >= 0.3 is 0 Å². The molecule has 0 aliphatic heterocycles. The lowest BCUT2D eigenvalue weighted by atomic mass is 10.2. The number of hydrogen-bond donors (Lipinski definition) is 2. The van der Waals surface area contributed by atoms with Gasteiger partial charge in [0.25, 0.3) is 0 Å². The Morgan fingerprint density at radius 1 is 1.37 bits per heavy atom. The Morgan fingerprint density at radius 3 is 2.63 bits per heavy atom. The zero-order valence-electron chi connectivity index (χ0n) is 11.2. The summed E-state index contributed by atoms with van der Waals surface area (Å²) in [4.78, 5) is 0.140. The number of nitrogens with one attached hydrogen (secondary N) is 2. The summed E-state index contributed by atoms with van der Waals surface area (Å²) >= 11 is 3.27. The van der Waals surface area contributed by atoms with Gasteiger partial charge in [-0.25, -0.2) is 13.1 Å². The van der Waals surface area contributed by atoms with Crippen molar-refractivity contribution in [2.24, 2.45) is 5.92 Å². The van der Waals surface area contributed by atoms with E-state index in [2.05, 4.69) is 26.0 Å². The third-order valence-electron chi connectivity index (χ3n) is 2.59. The molecule has 0 spiro atoms. The summed E-state index contributed by atoms with van der Waals surface area (Å²) in [5.41, 5.74) is 0. The summed E-state index contributed by atoms with van der Waals surface area (Å²) in [7, 11) is -0.286. The molecule has 0 radical (unpaired) electrons. The van der Waals surface area contributed by atoms with Crippen LogP contribution in [0.3, 0.4) is 0 Å². The lowest BCUT2D eigenvalue weighted by Gasteiger charge is -2.14. The van der Waals surface area contributed by atoms with Gasteiger partial charge < -0.3 is 10.1 Å². The maximum Gasteiger partial charge on any atom is 0.244 e. The second-order valence-electron chi connectivity index (χ2n) is 4.31. The molecule has 1 rings (SSSR count). The molecular formula is C12H19BrN2O3S. The van der Waals surface area contributed by atoms with Gasteiger partial charge in [0.2, 0.25) is 10.0 Å². The number of rotatable bonds is 7. The minimum absolute atomic E-state index is 0.140. The largest absolute Gasteiger partial charge is 0.495 e. The zero-order valence-corrected chi connectivity index (χ0v) is 13.6. The highest BCUT2D eigenvalue weighted by atomic mass is 79.9. The smallest absolute Gasteiger partial charge is 0.244 e. The van der Waals surface area contributed by atoms with Crippen LogP contribution in [0.25, 0.3) is 0 Å². The number of methoxy groups -OCH3 is 1. The van der Waals surface area contributed by atoms with Crippen LogP contribution < -0.4 is 14.8 Å². The predicted molar refractivity (Wildman–Crippen MR) is 79.0 cm³/mol. The standard InChI is InChI=1S/C12H19BrN2O3S/c1-9(7-14-2)8-15-19(16,17)12-6-10(13)4-5-11(12)18-3/h4-6,9,14-15H,7-8H2,1-3H3. The van der Waals surface area contributed by atoms with Gasteiger partial charge in [-0.3, -0.25) is 0 Å². The van der Waals surface area contributed by atoms with Gasteiger partial charge in [0.05, 0.1) is 7.11 Å². The summed E-state index contributed by atoms with van der Waals surface area (Å²) in [5.74, 6) is 0.537. The fourth-order valence-electron chi connectivity index (χ4n) is 1.61. The van der Waals surface area contributed by atoms with Crippen LogP contribution in [0.1, 0.15) is 6.92 Å². The van der Waals surface area contributed by atoms with Crippen LogP contribution >= 0.6 is 15.9 Å². The molecule has 2 N–H and O–H groups in total. The Labute approximate surface area is 122 Å². The number of benzene rings is 1. The molecule has 0 saturated heterocycles. The summed E-state index contributed by atoms with van der Waals surface area (Å²) < 4.78 is 32.9. The molecule has 108 valence electrons. The Balaban J connectivity index is 2.91. The van der Waals surface area contributed by atoms with E-state index in [1.54, 1.807) is 12.1 Å². The molecule has 0 fully saturated rings. The van der Waals surface area contributed by atoms with Gasteiger partial charge in [-0.15, -0.1) is 0 Å². The van der Waals surface area contributed by atoms with E-state index in [4.69, 9.17) is 4.74 Å². The maximum atomic E-state index is 12.2. The van der Waals surface area contributed by atoms with E-state index < -0.39 is 10.0 Å². The minimum Gasteiger partial charge on any atom is -0.495 e. The predicted octanol–water partition coefficient (Wildman–Crippen LogP) is 1.59. The van der Waals surface area contributed by atoms with Crippen LogP contribution in [0, 0.1) is 5.92 Å². The lowest BCUT2D eigenvalue weighted by Crippen LogP contribution is -2.32. The molecule has 0 aromatic heterocycles. The van der Waals surface area contributed by atoms with Crippen molar-refractivity contribution in [3.8, 4) is 5.75 Å². The van der Waals surface area contributed by atoms with E-state index in [-0.39, 0.29) is 10.8 Å². The van der Waals surface area contributed by atoms with Gasteiger partial charge in [0.1, 0.15) is 10.6 Å². The van der Waals surface area contributed by atoms with Crippen molar-refractivity contribution in [1.29, 1.82) is 0 Å². The number of ether oxygens (including phenoxy) is 1. The molecule has 1 unspecified atom stereocenters.